The molecule has 2 aliphatic heterocycles. The topological polar surface area (TPSA) is 88.8 Å². The molecule has 1 fully saturated rings. The maximum atomic E-state index is 12.1. The third-order valence-corrected chi connectivity index (χ3v) is 6.51. The highest BCUT2D eigenvalue weighted by molar-refractivity contribution is 5.98. The number of rotatable bonds is 5. The molecule has 4 rings (SSSR count). The van der Waals surface area contributed by atoms with Crippen LogP contribution in [0.5, 0.6) is 5.75 Å². The quantitative estimate of drug-likeness (QED) is 0.763. The summed E-state index contributed by atoms with van der Waals surface area (Å²) in [6, 6.07) is 12.6. The summed E-state index contributed by atoms with van der Waals surface area (Å²) in [5.74, 6) is -0.628. The lowest BCUT2D eigenvalue weighted by Gasteiger charge is -2.28. The average molecular weight is 421 g/mol. The Morgan fingerprint density at radius 3 is 2.65 bits per heavy atom. The zero-order valence-electron chi connectivity index (χ0n) is 18.4. The lowest BCUT2D eigenvalue weighted by Crippen LogP contribution is -2.47. The Bertz CT molecular complexity index is 1060. The van der Waals surface area contributed by atoms with Gasteiger partial charge in [-0.05, 0) is 38.6 Å². The molecule has 2 atom stereocenters. The van der Waals surface area contributed by atoms with E-state index in [1.54, 1.807) is 6.92 Å². The number of likely N-dealkylation sites (N-methyl/N-ethyl adjacent to an activating group) is 1. The molecule has 0 bridgehead atoms. The molecule has 2 aromatic carbocycles. The molecule has 0 spiro atoms. The summed E-state index contributed by atoms with van der Waals surface area (Å²) in [4.78, 5) is 16.6. The largest absolute Gasteiger partial charge is 0.477 e. The number of carbonyl (C=O) groups is 1. The van der Waals surface area contributed by atoms with E-state index in [4.69, 9.17) is 4.74 Å². The highest BCUT2D eigenvalue weighted by Gasteiger charge is 2.48. The van der Waals surface area contributed by atoms with Crippen molar-refractivity contribution < 1.29 is 14.6 Å². The molecule has 0 aliphatic carbocycles. The van der Waals surface area contributed by atoms with Gasteiger partial charge >= 0.3 is 5.97 Å². The summed E-state index contributed by atoms with van der Waals surface area (Å²) in [6.07, 6.45) is 1.22. The van der Waals surface area contributed by atoms with Crippen molar-refractivity contribution in [2.24, 2.45) is 0 Å². The van der Waals surface area contributed by atoms with Crippen LogP contribution in [-0.2, 0) is 4.79 Å². The van der Waals surface area contributed by atoms with Crippen LogP contribution in [-0.4, -0.2) is 54.9 Å². The number of anilines is 2. The second kappa shape index (κ2) is 7.78. The SMILES string of the molecule is CCC1(C(=O)O)Nc2c(C#N)c(C)c(-c3ccccc3)c(N3CC[C@H](N(C)C)C3)c2O1. The van der Waals surface area contributed by atoms with Gasteiger partial charge in [0.1, 0.15) is 11.8 Å². The van der Waals surface area contributed by atoms with E-state index in [2.05, 4.69) is 35.3 Å². The van der Waals surface area contributed by atoms with Gasteiger partial charge in [0.2, 0.25) is 0 Å². The number of benzene rings is 2. The third kappa shape index (κ3) is 3.28. The van der Waals surface area contributed by atoms with Crippen molar-refractivity contribution in [1.82, 2.24) is 4.90 Å². The molecule has 0 aromatic heterocycles. The average Bonchev–Trinajstić information content (AvgIpc) is 3.39. The summed E-state index contributed by atoms with van der Waals surface area (Å²) in [7, 11) is 4.15. The molecule has 2 heterocycles. The Hall–Kier alpha value is -3.24. The molecular weight excluding hydrogens is 392 g/mol. The number of nitrogens with zero attached hydrogens (tertiary/aromatic N) is 3. The third-order valence-electron chi connectivity index (χ3n) is 6.51. The number of carboxylic acids is 1. The Morgan fingerprint density at radius 1 is 1.39 bits per heavy atom. The van der Waals surface area contributed by atoms with Crippen LogP contribution in [0.1, 0.15) is 30.9 Å². The van der Waals surface area contributed by atoms with Gasteiger partial charge in [0.15, 0.2) is 5.75 Å². The van der Waals surface area contributed by atoms with Crippen LogP contribution in [0.3, 0.4) is 0 Å². The summed E-state index contributed by atoms with van der Waals surface area (Å²) < 4.78 is 6.19. The highest BCUT2D eigenvalue weighted by Crippen LogP contribution is 2.54. The Labute approximate surface area is 182 Å². The van der Waals surface area contributed by atoms with Gasteiger partial charge in [-0.2, -0.15) is 5.26 Å². The fraction of sp³-hybridized carbons (Fsp3) is 0.417. The maximum Gasteiger partial charge on any atom is 0.369 e. The summed E-state index contributed by atoms with van der Waals surface area (Å²) in [5, 5.41) is 23.0. The Balaban J connectivity index is 1.99. The number of aliphatic carboxylic acids is 1. The zero-order valence-corrected chi connectivity index (χ0v) is 18.4. The van der Waals surface area contributed by atoms with E-state index in [9.17, 15) is 15.2 Å². The van der Waals surface area contributed by atoms with Crippen molar-refractivity contribution in [3.8, 4) is 22.9 Å². The van der Waals surface area contributed by atoms with Crippen molar-refractivity contribution in [3.63, 3.8) is 0 Å². The molecule has 0 saturated carbocycles. The molecule has 1 unspecified atom stereocenters. The van der Waals surface area contributed by atoms with Crippen LogP contribution in [0, 0.1) is 18.3 Å². The fourth-order valence-corrected chi connectivity index (χ4v) is 4.63. The highest BCUT2D eigenvalue weighted by atomic mass is 16.6. The van der Waals surface area contributed by atoms with Gasteiger partial charge in [0.05, 0.1) is 11.3 Å². The fourth-order valence-electron chi connectivity index (χ4n) is 4.63. The Kier molecular flexibility index (Phi) is 5.28. The van der Waals surface area contributed by atoms with Crippen LogP contribution in [0.4, 0.5) is 11.4 Å². The first-order chi connectivity index (χ1) is 14.8. The predicted molar refractivity (Wildman–Crippen MR) is 121 cm³/mol. The first-order valence-electron chi connectivity index (χ1n) is 10.6. The van der Waals surface area contributed by atoms with Gasteiger partial charge in [0.25, 0.3) is 5.72 Å². The monoisotopic (exact) mass is 420 g/mol. The maximum absolute atomic E-state index is 12.1. The van der Waals surface area contributed by atoms with E-state index in [1.165, 1.54) is 0 Å². The van der Waals surface area contributed by atoms with Crippen LogP contribution in [0.2, 0.25) is 0 Å². The minimum Gasteiger partial charge on any atom is -0.477 e. The smallest absolute Gasteiger partial charge is 0.369 e. The van der Waals surface area contributed by atoms with E-state index < -0.39 is 11.7 Å². The lowest BCUT2D eigenvalue weighted by atomic mass is 9.92. The van der Waals surface area contributed by atoms with Crippen molar-refractivity contribution in [1.29, 1.82) is 5.26 Å². The molecule has 1 saturated heterocycles. The molecule has 2 aromatic rings. The standard InChI is InChI=1S/C24H28N4O3/c1-5-24(23(29)30)26-20-18(13-25)15(2)19(16-9-7-6-8-10-16)21(22(20)31-24)28-12-11-17(14-28)27(3)4/h6-10,17,26H,5,11-12,14H2,1-4H3,(H,29,30)/t17-,24?/m0/s1. The molecule has 0 radical (unpaired) electrons. The number of carboxylic acid groups (broad SMARTS) is 1. The molecule has 162 valence electrons. The van der Waals surface area contributed by atoms with Crippen LogP contribution in [0.15, 0.2) is 30.3 Å². The van der Waals surface area contributed by atoms with Crippen molar-refractivity contribution in [3.05, 3.63) is 41.5 Å². The van der Waals surface area contributed by atoms with E-state index in [0.717, 1.165) is 41.9 Å². The van der Waals surface area contributed by atoms with Crippen LogP contribution >= 0.6 is 0 Å². The normalized spacial score (nSPS) is 22.1. The minimum absolute atomic E-state index is 0.224. The number of nitrogens with one attached hydrogen (secondary N) is 1. The van der Waals surface area contributed by atoms with Crippen molar-refractivity contribution in [2.45, 2.75) is 38.5 Å². The number of hydrogen-bond donors (Lipinski definition) is 2. The second-order valence-corrected chi connectivity index (χ2v) is 8.47. The van der Waals surface area contributed by atoms with Gasteiger partial charge in [-0.15, -0.1) is 0 Å². The number of fused-ring (bicyclic) bond motifs is 1. The Morgan fingerprint density at radius 2 is 2.10 bits per heavy atom. The molecule has 2 aliphatic rings. The van der Waals surface area contributed by atoms with Gasteiger partial charge < -0.3 is 25.0 Å². The first kappa shape index (κ1) is 21.0. The number of nitriles is 1. The van der Waals surface area contributed by atoms with E-state index >= 15 is 0 Å². The van der Waals surface area contributed by atoms with Gasteiger partial charge in [0, 0.05) is 31.1 Å². The lowest BCUT2D eigenvalue weighted by molar-refractivity contribution is -0.151. The summed E-state index contributed by atoms with van der Waals surface area (Å²) in [5.41, 5.74) is 2.93. The second-order valence-electron chi connectivity index (χ2n) is 8.47. The van der Waals surface area contributed by atoms with Gasteiger partial charge in [-0.3, -0.25) is 0 Å². The van der Waals surface area contributed by atoms with Crippen LogP contribution in [0.25, 0.3) is 11.1 Å². The van der Waals surface area contributed by atoms with E-state index in [0.29, 0.717) is 23.0 Å². The van der Waals surface area contributed by atoms with E-state index in [-0.39, 0.29) is 6.42 Å². The number of ether oxygens (including phenoxy) is 1. The van der Waals surface area contributed by atoms with Crippen LogP contribution < -0.4 is 15.0 Å². The molecule has 7 heteroatoms. The van der Waals surface area contributed by atoms with Gasteiger partial charge in [-0.25, -0.2) is 4.79 Å². The van der Waals surface area contributed by atoms with E-state index in [1.807, 2.05) is 37.3 Å². The number of hydrogen-bond acceptors (Lipinski definition) is 6. The first-order valence-corrected chi connectivity index (χ1v) is 10.6. The summed E-state index contributed by atoms with van der Waals surface area (Å²) in [6.45, 7) is 5.33. The van der Waals surface area contributed by atoms with Crippen molar-refractivity contribution >= 4 is 17.3 Å². The van der Waals surface area contributed by atoms with Gasteiger partial charge in [-0.1, -0.05) is 37.3 Å². The zero-order chi connectivity index (χ0) is 22.3. The minimum atomic E-state index is -1.58. The molecule has 2 N–H and O–H groups in total. The molecule has 31 heavy (non-hydrogen) atoms. The summed E-state index contributed by atoms with van der Waals surface area (Å²) >= 11 is 0. The van der Waals surface area contributed by atoms with Crippen molar-refractivity contribution in [2.75, 3.05) is 37.4 Å². The molecule has 7 nitrogen and oxygen atoms in total. The molecule has 0 amide bonds. The molecular formula is C24H28N4O3. The predicted octanol–water partition coefficient (Wildman–Crippen LogP) is 3.67.